The van der Waals surface area contributed by atoms with Crippen LogP contribution in [-0.4, -0.2) is 59.4 Å². The number of piperazine rings is 1. The molecule has 0 atom stereocenters. The molecule has 0 spiro atoms. The molecule has 1 aromatic heterocycles. The fraction of sp³-hybridized carbons (Fsp3) is 0.560. The first-order chi connectivity index (χ1) is 15.1. The summed E-state index contributed by atoms with van der Waals surface area (Å²) in [5.74, 6) is 1.33. The number of furan rings is 1. The normalized spacial score (nSPS) is 18.6. The molecular weight excluding hydrogens is 410 g/mol. The third kappa shape index (κ3) is 5.71. The van der Waals surface area contributed by atoms with Crippen molar-refractivity contribution in [2.75, 3.05) is 32.7 Å². The van der Waals surface area contributed by atoms with Gasteiger partial charge in [0, 0.05) is 43.8 Å². The fourth-order valence-electron chi connectivity index (χ4n) is 4.81. The van der Waals surface area contributed by atoms with E-state index in [4.69, 9.17) is 16.0 Å². The number of benzene rings is 1. The van der Waals surface area contributed by atoms with Gasteiger partial charge in [-0.05, 0) is 43.1 Å². The Balaban J connectivity index is 1.44. The number of hydrogen-bond acceptors (Lipinski definition) is 4. The van der Waals surface area contributed by atoms with Gasteiger partial charge in [0.05, 0.1) is 6.54 Å². The Morgan fingerprint density at radius 3 is 2.48 bits per heavy atom. The Morgan fingerprint density at radius 1 is 1.03 bits per heavy atom. The monoisotopic (exact) mass is 443 g/mol. The van der Waals surface area contributed by atoms with Gasteiger partial charge in [-0.2, -0.15) is 0 Å². The van der Waals surface area contributed by atoms with Crippen molar-refractivity contribution in [2.45, 2.75) is 58.2 Å². The predicted molar refractivity (Wildman–Crippen MR) is 124 cm³/mol. The Bertz CT molecular complexity index is 854. The molecule has 0 unspecified atom stereocenters. The van der Waals surface area contributed by atoms with Gasteiger partial charge >= 0.3 is 0 Å². The molecule has 1 saturated heterocycles. The molecule has 2 fully saturated rings. The van der Waals surface area contributed by atoms with Gasteiger partial charge < -0.3 is 14.2 Å². The van der Waals surface area contributed by atoms with E-state index in [2.05, 4.69) is 22.8 Å². The van der Waals surface area contributed by atoms with Crippen molar-refractivity contribution in [3.8, 4) is 0 Å². The third-order valence-corrected chi connectivity index (χ3v) is 7.13. The molecule has 1 amide bonds. The van der Waals surface area contributed by atoms with Crippen LogP contribution in [0.3, 0.4) is 0 Å². The van der Waals surface area contributed by atoms with Gasteiger partial charge in [-0.3, -0.25) is 9.69 Å². The van der Waals surface area contributed by atoms with Gasteiger partial charge in [-0.1, -0.05) is 56.0 Å². The highest BCUT2D eigenvalue weighted by Gasteiger charge is 2.26. The van der Waals surface area contributed by atoms with Crippen molar-refractivity contribution in [2.24, 2.45) is 0 Å². The van der Waals surface area contributed by atoms with E-state index in [9.17, 15) is 4.79 Å². The molecule has 1 saturated carbocycles. The zero-order valence-corrected chi connectivity index (χ0v) is 19.3. The Morgan fingerprint density at radius 2 is 1.77 bits per heavy atom. The zero-order valence-electron chi connectivity index (χ0n) is 18.6. The molecule has 1 aromatic carbocycles. The van der Waals surface area contributed by atoms with E-state index in [0.29, 0.717) is 18.3 Å². The lowest BCUT2D eigenvalue weighted by molar-refractivity contribution is 0.0606. The van der Waals surface area contributed by atoms with E-state index < -0.39 is 0 Å². The second-order valence-corrected chi connectivity index (χ2v) is 9.19. The number of carbonyl (C=O) groups excluding carboxylic acids is 1. The summed E-state index contributed by atoms with van der Waals surface area (Å²) in [5.41, 5.74) is 1.14. The van der Waals surface area contributed by atoms with Crippen LogP contribution >= 0.6 is 11.6 Å². The second-order valence-electron chi connectivity index (χ2n) is 8.78. The summed E-state index contributed by atoms with van der Waals surface area (Å²) in [4.78, 5) is 19.7. The molecule has 4 rings (SSSR count). The molecule has 2 aliphatic rings. The first-order valence-corrected chi connectivity index (χ1v) is 12.1. The number of halogens is 1. The topological polar surface area (TPSA) is 39.9 Å². The van der Waals surface area contributed by atoms with Crippen LogP contribution in [0.4, 0.5) is 0 Å². The molecule has 168 valence electrons. The van der Waals surface area contributed by atoms with Crippen LogP contribution in [0.5, 0.6) is 0 Å². The van der Waals surface area contributed by atoms with Gasteiger partial charge in [0.1, 0.15) is 5.76 Å². The van der Waals surface area contributed by atoms with Crippen molar-refractivity contribution >= 4 is 17.5 Å². The number of rotatable bonds is 7. The zero-order chi connectivity index (χ0) is 21.6. The average Bonchev–Trinajstić information content (AvgIpc) is 3.29. The molecule has 5 nitrogen and oxygen atoms in total. The molecule has 6 heteroatoms. The van der Waals surface area contributed by atoms with E-state index in [0.717, 1.165) is 55.6 Å². The van der Waals surface area contributed by atoms with Crippen molar-refractivity contribution in [3.05, 3.63) is 58.5 Å². The van der Waals surface area contributed by atoms with Crippen LogP contribution in [0.15, 0.2) is 40.8 Å². The summed E-state index contributed by atoms with van der Waals surface area (Å²) in [7, 11) is 0. The van der Waals surface area contributed by atoms with Gasteiger partial charge in [-0.15, -0.1) is 0 Å². The first kappa shape index (κ1) is 22.4. The highest BCUT2D eigenvalue weighted by Crippen LogP contribution is 2.28. The van der Waals surface area contributed by atoms with Crippen LogP contribution < -0.4 is 0 Å². The molecule has 2 aromatic rings. The van der Waals surface area contributed by atoms with Gasteiger partial charge in [0.2, 0.25) is 0 Å². The lowest BCUT2D eigenvalue weighted by Crippen LogP contribution is -2.48. The maximum Gasteiger partial charge on any atom is 0.289 e. The number of likely N-dealkylation sites (N-methyl/N-ethyl adjacent to an activating group) is 1. The van der Waals surface area contributed by atoms with Crippen molar-refractivity contribution in [3.63, 3.8) is 0 Å². The van der Waals surface area contributed by atoms with E-state index in [-0.39, 0.29) is 5.91 Å². The minimum Gasteiger partial charge on any atom is -0.455 e. The van der Waals surface area contributed by atoms with E-state index in [1.165, 1.54) is 32.1 Å². The Hall–Kier alpha value is -1.82. The molecule has 1 aliphatic carbocycles. The van der Waals surface area contributed by atoms with Crippen LogP contribution in [-0.2, 0) is 13.1 Å². The molecule has 0 radical (unpaired) electrons. The Labute approximate surface area is 190 Å². The smallest absolute Gasteiger partial charge is 0.289 e. The average molecular weight is 444 g/mol. The standard InChI is InChI=1S/C25H34ClN3O2/c1-2-27-14-16-28(17-15-27)25(30)24-13-12-22(31-24)19-29(21-9-4-3-5-10-21)18-20-8-6-7-11-23(20)26/h6-8,11-13,21H,2-5,9-10,14-19H2,1H3. The molecule has 31 heavy (non-hydrogen) atoms. The van der Waals surface area contributed by atoms with Crippen LogP contribution in [0.25, 0.3) is 0 Å². The number of hydrogen-bond donors (Lipinski definition) is 0. The highest BCUT2D eigenvalue weighted by molar-refractivity contribution is 6.31. The summed E-state index contributed by atoms with van der Waals surface area (Å²) < 4.78 is 6.06. The van der Waals surface area contributed by atoms with Crippen LogP contribution in [0, 0.1) is 0 Å². The van der Waals surface area contributed by atoms with Crippen molar-refractivity contribution in [1.29, 1.82) is 0 Å². The highest BCUT2D eigenvalue weighted by atomic mass is 35.5. The minimum atomic E-state index is 0.0114. The molecule has 0 N–H and O–H groups in total. The van der Waals surface area contributed by atoms with E-state index in [1.807, 2.05) is 35.2 Å². The molecule has 1 aliphatic heterocycles. The lowest BCUT2D eigenvalue weighted by Gasteiger charge is -2.34. The maximum atomic E-state index is 12.9. The number of carbonyl (C=O) groups is 1. The van der Waals surface area contributed by atoms with E-state index >= 15 is 0 Å². The fourth-order valence-corrected chi connectivity index (χ4v) is 5.00. The maximum absolute atomic E-state index is 12.9. The predicted octanol–water partition coefficient (Wildman–Crippen LogP) is 5.05. The number of nitrogens with zero attached hydrogens (tertiary/aromatic N) is 3. The SMILES string of the molecule is CCN1CCN(C(=O)c2ccc(CN(Cc3ccccc3Cl)C3CCCCC3)o2)CC1. The van der Waals surface area contributed by atoms with Gasteiger partial charge in [0.15, 0.2) is 5.76 Å². The molecule has 0 bridgehead atoms. The van der Waals surface area contributed by atoms with Gasteiger partial charge in [-0.25, -0.2) is 0 Å². The van der Waals surface area contributed by atoms with Gasteiger partial charge in [0.25, 0.3) is 5.91 Å². The molecular formula is C25H34ClN3O2. The minimum absolute atomic E-state index is 0.0114. The van der Waals surface area contributed by atoms with Crippen LogP contribution in [0.2, 0.25) is 5.02 Å². The summed E-state index contributed by atoms with van der Waals surface area (Å²) >= 11 is 6.46. The van der Waals surface area contributed by atoms with Crippen LogP contribution in [0.1, 0.15) is 60.9 Å². The van der Waals surface area contributed by atoms with E-state index in [1.54, 1.807) is 0 Å². The first-order valence-electron chi connectivity index (χ1n) is 11.7. The lowest BCUT2D eigenvalue weighted by atomic mass is 9.93. The van der Waals surface area contributed by atoms with Crippen molar-refractivity contribution in [1.82, 2.24) is 14.7 Å². The summed E-state index contributed by atoms with van der Waals surface area (Å²) in [6.07, 6.45) is 6.28. The third-order valence-electron chi connectivity index (χ3n) is 6.76. The second kappa shape index (κ2) is 10.7. The summed E-state index contributed by atoms with van der Waals surface area (Å²) in [6.45, 7) is 8.10. The number of amides is 1. The largest absolute Gasteiger partial charge is 0.455 e. The van der Waals surface area contributed by atoms with Crippen molar-refractivity contribution < 1.29 is 9.21 Å². The summed E-state index contributed by atoms with van der Waals surface area (Å²) in [5, 5.41) is 0.810. The summed E-state index contributed by atoms with van der Waals surface area (Å²) in [6, 6.07) is 12.4. The quantitative estimate of drug-likeness (QED) is 0.600. The molecule has 2 heterocycles. The Kier molecular flexibility index (Phi) is 7.70.